The minimum absolute atomic E-state index is 0.0869. The summed E-state index contributed by atoms with van der Waals surface area (Å²) in [6, 6.07) is 10.6. The minimum Gasteiger partial charge on any atom is -0.465 e. The normalized spacial score (nSPS) is 16.0. The van der Waals surface area contributed by atoms with Crippen LogP contribution < -0.4 is 9.03 Å². The van der Waals surface area contributed by atoms with Crippen LogP contribution in [0.4, 0.5) is 11.4 Å². The van der Waals surface area contributed by atoms with Gasteiger partial charge in [-0.05, 0) is 48.5 Å². The summed E-state index contributed by atoms with van der Waals surface area (Å²) >= 11 is 0. The van der Waals surface area contributed by atoms with Crippen LogP contribution in [0, 0.1) is 0 Å². The van der Waals surface area contributed by atoms with Crippen molar-refractivity contribution in [2.75, 3.05) is 21.9 Å². The van der Waals surface area contributed by atoms with Gasteiger partial charge in [0.05, 0.1) is 29.0 Å². The Morgan fingerprint density at radius 2 is 1.68 bits per heavy atom. The highest BCUT2D eigenvalue weighted by atomic mass is 32.2. The highest BCUT2D eigenvalue weighted by Gasteiger charge is 2.36. The molecule has 0 spiro atoms. The van der Waals surface area contributed by atoms with Crippen molar-refractivity contribution in [1.82, 2.24) is 0 Å². The van der Waals surface area contributed by atoms with E-state index in [4.69, 9.17) is 0 Å². The fraction of sp³-hybridized carbons (Fsp3) is 0.176. The molecule has 1 N–H and O–H groups in total. The Kier molecular flexibility index (Phi) is 5.13. The van der Waals surface area contributed by atoms with Crippen molar-refractivity contribution in [1.29, 1.82) is 0 Å². The molecule has 0 aliphatic carbocycles. The van der Waals surface area contributed by atoms with E-state index in [0.717, 1.165) is 0 Å². The van der Waals surface area contributed by atoms with Crippen molar-refractivity contribution in [3.05, 3.63) is 54.1 Å². The molecule has 1 heterocycles. The minimum atomic E-state index is -3.95. The molecule has 148 valence electrons. The van der Waals surface area contributed by atoms with Crippen molar-refractivity contribution >= 4 is 43.3 Å². The van der Waals surface area contributed by atoms with Gasteiger partial charge in [-0.2, -0.15) is 0 Å². The van der Waals surface area contributed by atoms with Crippen LogP contribution in [0.25, 0.3) is 0 Å². The molecule has 1 aliphatic heterocycles. The van der Waals surface area contributed by atoms with E-state index >= 15 is 0 Å². The van der Waals surface area contributed by atoms with Gasteiger partial charge in [-0.3, -0.25) is 9.52 Å². The molecule has 0 radical (unpaired) electrons. The molecule has 0 aromatic heterocycles. The molecule has 1 amide bonds. The number of hydrogen-bond acceptors (Lipinski definition) is 7. The maximum absolute atomic E-state index is 12.5. The number of anilines is 2. The van der Waals surface area contributed by atoms with E-state index in [9.17, 15) is 26.4 Å². The van der Waals surface area contributed by atoms with Gasteiger partial charge in [0.2, 0.25) is 15.9 Å². The Bertz CT molecular complexity index is 1120. The lowest BCUT2D eigenvalue weighted by Gasteiger charge is -2.15. The molecule has 0 atom stereocenters. The molecule has 2 aromatic rings. The van der Waals surface area contributed by atoms with Crippen LogP contribution in [0.1, 0.15) is 16.8 Å². The number of amides is 1. The number of esters is 1. The van der Waals surface area contributed by atoms with E-state index < -0.39 is 31.9 Å². The van der Waals surface area contributed by atoms with Crippen molar-refractivity contribution in [2.45, 2.75) is 11.3 Å². The fourth-order valence-corrected chi connectivity index (χ4v) is 5.15. The largest absolute Gasteiger partial charge is 0.465 e. The Hall–Kier alpha value is -2.92. The standard InChI is InChI=1S/C17H16N2O7S2/c1-26-17(21)12-2-4-13(5-3-12)18-28(24,25)15-8-6-14(7-9-15)19-16(20)10-11-27(19,22)23/h2-9,18H,10-11H2,1H3. The first-order valence-corrected chi connectivity index (χ1v) is 11.1. The lowest BCUT2D eigenvalue weighted by molar-refractivity contribution is -0.116. The molecule has 3 rings (SSSR count). The summed E-state index contributed by atoms with van der Waals surface area (Å²) in [5.74, 6) is -1.37. The molecule has 28 heavy (non-hydrogen) atoms. The first-order valence-electron chi connectivity index (χ1n) is 8.01. The Labute approximate surface area is 162 Å². The first kappa shape index (κ1) is 19.8. The summed E-state index contributed by atoms with van der Waals surface area (Å²) in [6.07, 6.45) is -0.106. The molecule has 9 nitrogen and oxygen atoms in total. The lowest BCUT2D eigenvalue weighted by atomic mass is 10.2. The van der Waals surface area contributed by atoms with Gasteiger partial charge < -0.3 is 4.74 Å². The summed E-state index contributed by atoms with van der Waals surface area (Å²) in [7, 11) is -6.43. The number of nitrogens with one attached hydrogen (secondary N) is 1. The number of carbonyl (C=O) groups excluding carboxylic acids is 2. The number of nitrogens with zero attached hydrogens (tertiary/aromatic N) is 1. The van der Waals surface area contributed by atoms with E-state index in [2.05, 4.69) is 9.46 Å². The number of sulfonamides is 2. The van der Waals surface area contributed by atoms with Crippen LogP contribution in [0.15, 0.2) is 53.4 Å². The predicted molar refractivity (Wildman–Crippen MR) is 101 cm³/mol. The summed E-state index contributed by atoms with van der Waals surface area (Å²) in [5.41, 5.74) is 0.587. The molecule has 1 saturated heterocycles. The number of benzene rings is 2. The van der Waals surface area contributed by atoms with E-state index in [0.29, 0.717) is 4.31 Å². The van der Waals surface area contributed by atoms with Crippen LogP contribution in [-0.4, -0.2) is 41.6 Å². The first-order chi connectivity index (χ1) is 13.1. The number of carbonyl (C=O) groups is 2. The summed E-state index contributed by atoms with van der Waals surface area (Å²) in [6.45, 7) is 0. The van der Waals surface area contributed by atoms with Gasteiger partial charge in [-0.1, -0.05) is 0 Å². The maximum Gasteiger partial charge on any atom is 0.337 e. The van der Waals surface area contributed by atoms with E-state index in [-0.39, 0.29) is 34.0 Å². The topological polar surface area (TPSA) is 127 Å². The quantitative estimate of drug-likeness (QED) is 0.718. The van der Waals surface area contributed by atoms with Crippen LogP contribution in [0.2, 0.25) is 0 Å². The average Bonchev–Trinajstić information content (AvgIpc) is 2.94. The third-order valence-electron chi connectivity index (χ3n) is 4.02. The van der Waals surface area contributed by atoms with Gasteiger partial charge in [-0.25, -0.2) is 25.9 Å². The molecule has 0 bridgehead atoms. The van der Waals surface area contributed by atoms with E-state index in [1.165, 1.54) is 55.6 Å². The Balaban J connectivity index is 1.81. The summed E-state index contributed by atoms with van der Waals surface area (Å²) in [4.78, 5) is 23.1. The van der Waals surface area contributed by atoms with Crippen molar-refractivity contribution < 1.29 is 31.2 Å². The lowest BCUT2D eigenvalue weighted by Crippen LogP contribution is -2.29. The second-order valence-electron chi connectivity index (χ2n) is 5.89. The van der Waals surface area contributed by atoms with Crippen molar-refractivity contribution in [3.63, 3.8) is 0 Å². The number of hydrogen-bond donors (Lipinski definition) is 1. The zero-order valence-electron chi connectivity index (χ0n) is 14.7. The van der Waals surface area contributed by atoms with Gasteiger partial charge >= 0.3 is 5.97 Å². The second kappa shape index (κ2) is 7.24. The van der Waals surface area contributed by atoms with Gasteiger partial charge in [-0.15, -0.1) is 0 Å². The van der Waals surface area contributed by atoms with Gasteiger partial charge in [0.25, 0.3) is 10.0 Å². The third kappa shape index (κ3) is 3.85. The van der Waals surface area contributed by atoms with E-state index in [1.807, 2.05) is 0 Å². The van der Waals surface area contributed by atoms with Crippen LogP contribution in [0.5, 0.6) is 0 Å². The number of rotatable bonds is 5. The average molecular weight is 424 g/mol. The smallest absolute Gasteiger partial charge is 0.337 e. The second-order valence-corrected chi connectivity index (χ2v) is 9.51. The molecule has 11 heteroatoms. The zero-order valence-corrected chi connectivity index (χ0v) is 16.3. The fourth-order valence-electron chi connectivity index (χ4n) is 2.64. The molecule has 1 aliphatic rings. The molecule has 2 aromatic carbocycles. The summed E-state index contributed by atoms with van der Waals surface area (Å²) in [5, 5.41) is 0. The SMILES string of the molecule is COC(=O)c1ccc(NS(=O)(=O)c2ccc(N3C(=O)CCS3(=O)=O)cc2)cc1. The third-order valence-corrected chi connectivity index (χ3v) is 7.11. The van der Waals surface area contributed by atoms with Gasteiger partial charge in [0, 0.05) is 12.1 Å². The number of methoxy groups -OCH3 is 1. The monoisotopic (exact) mass is 424 g/mol. The molecule has 0 saturated carbocycles. The van der Waals surface area contributed by atoms with Crippen LogP contribution >= 0.6 is 0 Å². The van der Waals surface area contributed by atoms with Gasteiger partial charge in [0.1, 0.15) is 0 Å². The Morgan fingerprint density at radius 1 is 1.07 bits per heavy atom. The Morgan fingerprint density at radius 3 is 2.18 bits per heavy atom. The molecular formula is C17H16N2O7S2. The van der Waals surface area contributed by atoms with E-state index in [1.54, 1.807) is 0 Å². The van der Waals surface area contributed by atoms with Crippen molar-refractivity contribution in [2.24, 2.45) is 0 Å². The highest BCUT2D eigenvalue weighted by Crippen LogP contribution is 2.27. The number of ether oxygens (including phenoxy) is 1. The zero-order chi connectivity index (χ0) is 20.5. The van der Waals surface area contributed by atoms with Gasteiger partial charge in [0.15, 0.2) is 0 Å². The highest BCUT2D eigenvalue weighted by molar-refractivity contribution is 7.94. The molecular weight excluding hydrogens is 408 g/mol. The molecule has 0 unspecified atom stereocenters. The van der Waals surface area contributed by atoms with Crippen molar-refractivity contribution in [3.8, 4) is 0 Å². The summed E-state index contributed by atoms with van der Waals surface area (Å²) < 4.78 is 56.5. The maximum atomic E-state index is 12.5. The molecule has 1 fully saturated rings. The van der Waals surface area contributed by atoms with Crippen LogP contribution in [-0.2, 0) is 29.6 Å². The predicted octanol–water partition coefficient (Wildman–Crippen LogP) is 1.34. The van der Waals surface area contributed by atoms with Crippen LogP contribution in [0.3, 0.4) is 0 Å².